The number of hydrogen-bond acceptors (Lipinski definition) is 6. The molecule has 1 aromatic heterocycles. The van der Waals surface area contributed by atoms with E-state index >= 15 is 0 Å². The Balaban J connectivity index is 1.55. The maximum atomic E-state index is 13.4. The zero-order chi connectivity index (χ0) is 25.1. The molecular formula is C27H37ClN6O2. The number of ether oxygens (including phenoxy) is 1. The van der Waals surface area contributed by atoms with Crippen LogP contribution in [0.25, 0.3) is 0 Å². The van der Waals surface area contributed by atoms with Crippen LogP contribution in [0, 0.1) is 0 Å². The highest BCUT2D eigenvalue weighted by molar-refractivity contribution is 6.32. The van der Waals surface area contributed by atoms with Crippen molar-refractivity contribution in [2.45, 2.75) is 83.3 Å². The lowest BCUT2D eigenvalue weighted by Crippen LogP contribution is -2.30. The van der Waals surface area contributed by atoms with Gasteiger partial charge in [0, 0.05) is 31.8 Å². The summed E-state index contributed by atoms with van der Waals surface area (Å²) in [6, 6.07) is 4.54. The quantitative estimate of drug-likeness (QED) is 0.460. The SMILES string of the molecule is CCNC(=O)c1c(N[C@H]2CCC/C2=N\C)nc(NC2CCCCC2)n1Cc1cc(Cl)c2c(c1)CCO2. The lowest BCUT2D eigenvalue weighted by molar-refractivity contribution is 0.0948. The molecule has 0 bridgehead atoms. The summed E-state index contributed by atoms with van der Waals surface area (Å²) < 4.78 is 7.72. The van der Waals surface area contributed by atoms with Gasteiger partial charge in [0.25, 0.3) is 5.91 Å². The monoisotopic (exact) mass is 512 g/mol. The van der Waals surface area contributed by atoms with Crippen molar-refractivity contribution in [1.82, 2.24) is 14.9 Å². The van der Waals surface area contributed by atoms with Crippen LogP contribution in [0.5, 0.6) is 5.75 Å². The number of aliphatic imine (C=N–C) groups is 1. The van der Waals surface area contributed by atoms with Crippen LogP contribution < -0.4 is 20.7 Å². The number of hydrogen-bond donors (Lipinski definition) is 3. The minimum Gasteiger partial charge on any atom is -0.491 e. The molecule has 5 rings (SSSR count). The maximum absolute atomic E-state index is 13.4. The molecule has 0 spiro atoms. The molecule has 194 valence electrons. The Morgan fingerprint density at radius 2 is 2.00 bits per heavy atom. The molecule has 1 amide bonds. The first-order valence-corrected chi connectivity index (χ1v) is 13.8. The van der Waals surface area contributed by atoms with Gasteiger partial charge in [0.1, 0.15) is 5.75 Å². The number of carbonyl (C=O) groups excluding carboxylic acids is 1. The zero-order valence-electron chi connectivity index (χ0n) is 21.3. The molecular weight excluding hydrogens is 476 g/mol. The number of amides is 1. The highest BCUT2D eigenvalue weighted by Gasteiger charge is 2.30. The van der Waals surface area contributed by atoms with Crippen molar-refractivity contribution in [1.29, 1.82) is 0 Å². The summed E-state index contributed by atoms with van der Waals surface area (Å²) in [4.78, 5) is 22.9. The highest BCUT2D eigenvalue weighted by atomic mass is 35.5. The standard InChI is InChI=1S/C27H37ClN6O2/c1-3-30-26(35)23-25(32-22-11-7-10-21(22)29-2)33-27(31-19-8-5-4-6-9-19)34(23)16-17-14-18-12-13-36-24(18)20(28)15-17/h14-15,19,22,32H,3-13,16H2,1-2H3,(H,30,35)(H,31,33)/b29-21+/t22-/m0/s1. The normalized spacial score (nSPS) is 20.9. The first-order valence-electron chi connectivity index (χ1n) is 13.4. The van der Waals surface area contributed by atoms with Crippen molar-refractivity contribution in [2.24, 2.45) is 4.99 Å². The molecule has 2 saturated carbocycles. The van der Waals surface area contributed by atoms with Crippen LogP contribution >= 0.6 is 11.6 Å². The van der Waals surface area contributed by atoms with Gasteiger partial charge < -0.3 is 20.7 Å². The van der Waals surface area contributed by atoms with Gasteiger partial charge in [0.2, 0.25) is 5.95 Å². The number of aromatic nitrogens is 2. The van der Waals surface area contributed by atoms with Crippen molar-refractivity contribution in [2.75, 3.05) is 30.8 Å². The Kier molecular flexibility index (Phi) is 7.70. The van der Waals surface area contributed by atoms with Gasteiger partial charge in [-0.25, -0.2) is 0 Å². The summed E-state index contributed by atoms with van der Waals surface area (Å²) in [5.41, 5.74) is 3.83. The molecule has 9 heteroatoms. The lowest BCUT2D eigenvalue weighted by atomic mass is 9.96. The molecule has 2 aliphatic carbocycles. The highest BCUT2D eigenvalue weighted by Crippen LogP contribution is 2.36. The minimum absolute atomic E-state index is 0.0978. The fourth-order valence-corrected chi connectivity index (χ4v) is 6.05. The molecule has 2 aromatic rings. The second-order valence-corrected chi connectivity index (χ2v) is 10.4. The van der Waals surface area contributed by atoms with Gasteiger partial charge >= 0.3 is 0 Å². The fraction of sp³-hybridized carbons (Fsp3) is 0.593. The van der Waals surface area contributed by atoms with E-state index in [9.17, 15) is 4.79 Å². The first-order chi connectivity index (χ1) is 17.6. The Morgan fingerprint density at radius 1 is 1.17 bits per heavy atom. The van der Waals surface area contributed by atoms with Crippen LogP contribution in [0.3, 0.4) is 0 Å². The Hall–Kier alpha value is -2.74. The van der Waals surface area contributed by atoms with Crippen LogP contribution in [0.4, 0.5) is 11.8 Å². The van der Waals surface area contributed by atoms with Gasteiger partial charge in [-0.2, -0.15) is 4.98 Å². The predicted molar refractivity (Wildman–Crippen MR) is 145 cm³/mol. The van der Waals surface area contributed by atoms with Gasteiger partial charge in [-0.15, -0.1) is 0 Å². The molecule has 2 heterocycles. The van der Waals surface area contributed by atoms with E-state index in [0.717, 1.165) is 67.1 Å². The molecule has 2 fully saturated rings. The molecule has 1 aliphatic heterocycles. The number of carbonyl (C=O) groups is 1. The van der Waals surface area contributed by atoms with Crippen LogP contribution in [0.2, 0.25) is 5.02 Å². The number of fused-ring (bicyclic) bond motifs is 1. The molecule has 8 nitrogen and oxygen atoms in total. The molecule has 0 saturated heterocycles. The number of imidazole rings is 1. The summed E-state index contributed by atoms with van der Waals surface area (Å²) in [6.07, 6.45) is 9.83. The summed E-state index contributed by atoms with van der Waals surface area (Å²) in [5.74, 6) is 1.99. The number of halogens is 1. The average Bonchev–Trinajstić information content (AvgIpc) is 3.60. The van der Waals surface area contributed by atoms with Crippen LogP contribution in [-0.4, -0.2) is 53.5 Å². The third-order valence-corrected chi connectivity index (χ3v) is 7.80. The van der Waals surface area contributed by atoms with Crippen molar-refractivity contribution in [3.8, 4) is 5.75 Å². The lowest BCUT2D eigenvalue weighted by Gasteiger charge is -2.24. The molecule has 1 atom stereocenters. The number of nitrogens with zero attached hydrogens (tertiary/aromatic N) is 3. The van der Waals surface area contributed by atoms with Crippen LogP contribution in [-0.2, 0) is 13.0 Å². The zero-order valence-corrected chi connectivity index (χ0v) is 22.1. The van der Waals surface area contributed by atoms with E-state index in [4.69, 9.17) is 21.3 Å². The van der Waals surface area contributed by atoms with E-state index in [0.29, 0.717) is 42.3 Å². The van der Waals surface area contributed by atoms with Crippen molar-refractivity contribution in [3.63, 3.8) is 0 Å². The number of rotatable bonds is 8. The smallest absolute Gasteiger partial charge is 0.271 e. The Morgan fingerprint density at radius 3 is 2.78 bits per heavy atom. The third kappa shape index (κ3) is 5.19. The minimum atomic E-state index is -0.132. The maximum Gasteiger partial charge on any atom is 0.271 e. The van der Waals surface area contributed by atoms with Crippen molar-refractivity contribution in [3.05, 3.63) is 34.0 Å². The summed E-state index contributed by atoms with van der Waals surface area (Å²) in [5, 5.41) is 10.9. The van der Waals surface area contributed by atoms with Crippen molar-refractivity contribution >= 4 is 35.0 Å². The van der Waals surface area contributed by atoms with Crippen molar-refractivity contribution < 1.29 is 9.53 Å². The average molecular weight is 513 g/mol. The summed E-state index contributed by atoms with van der Waals surface area (Å²) >= 11 is 6.57. The Labute approximate surface area is 218 Å². The second-order valence-electron chi connectivity index (χ2n) is 10.0. The van der Waals surface area contributed by atoms with Gasteiger partial charge in [-0.05, 0) is 56.2 Å². The second kappa shape index (κ2) is 11.1. The molecule has 36 heavy (non-hydrogen) atoms. The van der Waals surface area contributed by atoms with E-state index in [2.05, 4.69) is 27.0 Å². The molecule has 3 aliphatic rings. The largest absolute Gasteiger partial charge is 0.491 e. The van der Waals surface area contributed by atoms with Gasteiger partial charge in [0.15, 0.2) is 11.5 Å². The Bertz CT molecular complexity index is 1140. The molecule has 1 aromatic carbocycles. The number of benzene rings is 1. The third-order valence-electron chi connectivity index (χ3n) is 7.52. The van der Waals surface area contributed by atoms with Gasteiger partial charge in [0.05, 0.1) is 24.2 Å². The van der Waals surface area contributed by atoms with E-state index in [1.54, 1.807) is 0 Å². The fourth-order valence-electron chi connectivity index (χ4n) is 5.73. The summed E-state index contributed by atoms with van der Waals surface area (Å²) in [6.45, 7) is 3.62. The van der Waals surface area contributed by atoms with Gasteiger partial charge in [-0.3, -0.25) is 14.4 Å². The molecule has 0 unspecified atom stereocenters. The van der Waals surface area contributed by atoms with E-state index < -0.39 is 0 Å². The first kappa shape index (κ1) is 24.9. The van der Waals surface area contributed by atoms with E-state index in [-0.39, 0.29) is 11.9 Å². The van der Waals surface area contributed by atoms with Crippen LogP contribution in [0.15, 0.2) is 17.1 Å². The summed E-state index contributed by atoms with van der Waals surface area (Å²) in [7, 11) is 1.84. The van der Waals surface area contributed by atoms with Crippen LogP contribution in [0.1, 0.15) is 79.9 Å². The predicted octanol–water partition coefficient (Wildman–Crippen LogP) is 5.05. The van der Waals surface area contributed by atoms with E-state index in [1.165, 1.54) is 19.3 Å². The van der Waals surface area contributed by atoms with Gasteiger partial charge in [-0.1, -0.05) is 36.9 Å². The molecule has 3 N–H and O–H groups in total. The van der Waals surface area contributed by atoms with E-state index in [1.807, 2.05) is 24.6 Å². The number of nitrogens with one attached hydrogen (secondary N) is 3. The number of anilines is 2. The topological polar surface area (TPSA) is 92.6 Å². The molecule has 0 radical (unpaired) electrons.